The molecule has 1 aliphatic heterocycles. The highest BCUT2D eigenvalue weighted by Gasteiger charge is 2.18. The van der Waals surface area contributed by atoms with Crippen LogP contribution in [-0.2, 0) is 11.8 Å². The first-order valence-electron chi connectivity index (χ1n) is 7.00. The lowest BCUT2D eigenvalue weighted by Gasteiger charge is -2.28. The van der Waals surface area contributed by atoms with Gasteiger partial charge in [-0.3, -0.25) is 9.59 Å². The Hall–Kier alpha value is -1.86. The maximum atomic E-state index is 12.8. The van der Waals surface area contributed by atoms with Gasteiger partial charge in [0.15, 0.2) is 0 Å². The SMILES string of the molecule is Cn1c(=O)cc(N2CCOCC2)c(=O)n1-c1ccc(Br)cc1. The highest BCUT2D eigenvalue weighted by molar-refractivity contribution is 9.10. The van der Waals surface area contributed by atoms with Gasteiger partial charge in [0.2, 0.25) is 0 Å². The van der Waals surface area contributed by atoms with Gasteiger partial charge in [0.25, 0.3) is 11.1 Å². The molecule has 0 atom stereocenters. The van der Waals surface area contributed by atoms with E-state index in [0.717, 1.165) is 4.47 Å². The number of hydrogen-bond donors (Lipinski definition) is 0. The summed E-state index contributed by atoms with van der Waals surface area (Å²) < 4.78 is 8.95. The Morgan fingerprint density at radius 3 is 2.36 bits per heavy atom. The van der Waals surface area contributed by atoms with E-state index in [2.05, 4.69) is 15.9 Å². The molecule has 1 aromatic carbocycles. The molecular weight excluding hydrogens is 350 g/mol. The number of rotatable bonds is 2. The van der Waals surface area contributed by atoms with E-state index in [-0.39, 0.29) is 11.1 Å². The van der Waals surface area contributed by atoms with E-state index in [1.165, 1.54) is 15.4 Å². The standard InChI is InChI=1S/C15H16BrN3O3/c1-17-14(20)10-13(18-6-8-22-9-7-18)15(21)19(17)12-4-2-11(16)3-5-12/h2-5,10H,6-9H2,1H3. The molecule has 7 heteroatoms. The van der Waals surface area contributed by atoms with Crippen LogP contribution in [0.15, 0.2) is 44.4 Å². The molecule has 0 aliphatic carbocycles. The van der Waals surface area contributed by atoms with Crippen LogP contribution >= 0.6 is 15.9 Å². The van der Waals surface area contributed by atoms with Gasteiger partial charge in [-0.15, -0.1) is 0 Å². The summed E-state index contributed by atoms with van der Waals surface area (Å²) in [5.41, 5.74) is 0.660. The van der Waals surface area contributed by atoms with E-state index in [9.17, 15) is 9.59 Å². The topological polar surface area (TPSA) is 56.5 Å². The third-order valence-electron chi connectivity index (χ3n) is 3.71. The summed E-state index contributed by atoms with van der Waals surface area (Å²) >= 11 is 3.37. The number of halogens is 1. The van der Waals surface area contributed by atoms with Crippen molar-refractivity contribution in [2.75, 3.05) is 31.2 Å². The first-order valence-corrected chi connectivity index (χ1v) is 7.79. The average molecular weight is 366 g/mol. The Balaban J connectivity index is 2.17. The molecule has 2 aromatic rings. The van der Waals surface area contributed by atoms with Crippen molar-refractivity contribution in [3.8, 4) is 5.69 Å². The highest BCUT2D eigenvalue weighted by atomic mass is 79.9. The molecular formula is C15H16BrN3O3. The summed E-state index contributed by atoms with van der Waals surface area (Å²) in [5.74, 6) is 0. The van der Waals surface area contributed by atoms with Crippen LogP contribution in [0, 0.1) is 0 Å². The van der Waals surface area contributed by atoms with Crippen molar-refractivity contribution < 1.29 is 4.74 Å². The van der Waals surface area contributed by atoms with Crippen LogP contribution in [-0.4, -0.2) is 35.7 Å². The van der Waals surface area contributed by atoms with Gasteiger partial charge in [-0.05, 0) is 24.3 Å². The molecule has 1 saturated heterocycles. The largest absolute Gasteiger partial charge is 0.378 e. The van der Waals surface area contributed by atoms with Gasteiger partial charge in [-0.1, -0.05) is 15.9 Å². The number of benzene rings is 1. The second-order valence-corrected chi connectivity index (χ2v) is 6.00. The summed E-state index contributed by atoms with van der Waals surface area (Å²) in [5, 5.41) is 0. The molecule has 1 aromatic heterocycles. The number of anilines is 1. The monoisotopic (exact) mass is 365 g/mol. The molecule has 0 spiro atoms. The minimum atomic E-state index is -0.219. The van der Waals surface area contributed by atoms with Gasteiger partial charge in [0.1, 0.15) is 5.69 Å². The molecule has 0 unspecified atom stereocenters. The van der Waals surface area contributed by atoms with Crippen molar-refractivity contribution in [3.63, 3.8) is 0 Å². The van der Waals surface area contributed by atoms with Gasteiger partial charge in [0, 0.05) is 30.7 Å². The molecule has 0 N–H and O–H groups in total. The smallest absolute Gasteiger partial charge is 0.293 e. The summed E-state index contributed by atoms with van der Waals surface area (Å²) in [6.45, 7) is 2.35. The molecule has 0 saturated carbocycles. The Morgan fingerprint density at radius 1 is 1.09 bits per heavy atom. The molecule has 0 bridgehead atoms. The normalized spacial score (nSPS) is 15.1. The zero-order valence-corrected chi connectivity index (χ0v) is 13.7. The lowest BCUT2D eigenvalue weighted by molar-refractivity contribution is 0.122. The predicted molar refractivity (Wildman–Crippen MR) is 88.0 cm³/mol. The van der Waals surface area contributed by atoms with Crippen molar-refractivity contribution in [2.24, 2.45) is 7.05 Å². The Bertz CT molecular complexity index is 789. The number of hydrogen-bond acceptors (Lipinski definition) is 4. The maximum Gasteiger partial charge on any atom is 0.293 e. The maximum absolute atomic E-state index is 12.8. The zero-order chi connectivity index (χ0) is 15.7. The van der Waals surface area contributed by atoms with E-state index >= 15 is 0 Å². The second-order valence-electron chi connectivity index (χ2n) is 5.08. The van der Waals surface area contributed by atoms with E-state index in [1.807, 2.05) is 17.0 Å². The lowest BCUT2D eigenvalue weighted by Crippen LogP contribution is -2.44. The Morgan fingerprint density at radius 2 is 1.73 bits per heavy atom. The number of morpholine rings is 1. The lowest BCUT2D eigenvalue weighted by atomic mass is 10.3. The minimum absolute atomic E-state index is 0.202. The van der Waals surface area contributed by atoms with E-state index in [4.69, 9.17) is 4.74 Å². The van der Waals surface area contributed by atoms with Gasteiger partial charge in [-0.2, -0.15) is 0 Å². The van der Waals surface area contributed by atoms with Crippen molar-refractivity contribution in [3.05, 3.63) is 55.5 Å². The van der Waals surface area contributed by atoms with Gasteiger partial charge < -0.3 is 9.64 Å². The fourth-order valence-corrected chi connectivity index (χ4v) is 2.78. The predicted octanol–water partition coefficient (Wildman–Crippen LogP) is 1.14. The first kappa shape index (κ1) is 15.1. The number of ether oxygens (including phenoxy) is 1. The van der Waals surface area contributed by atoms with Crippen LogP contribution in [0.5, 0.6) is 0 Å². The molecule has 3 rings (SSSR count). The van der Waals surface area contributed by atoms with Crippen molar-refractivity contribution in [1.29, 1.82) is 0 Å². The van der Waals surface area contributed by atoms with E-state index in [1.54, 1.807) is 19.2 Å². The van der Waals surface area contributed by atoms with Crippen molar-refractivity contribution in [1.82, 2.24) is 9.36 Å². The van der Waals surface area contributed by atoms with Crippen LogP contribution in [0.3, 0.4) is 0 Å². The van der Waals surface area contributed by atoms with Crippen molar-refractivity contribution >= 4 is 21.6 Å². The Labute approximate surface area is 135 Å². The van der Waals surface area contributed by atoms with Crippen LogP contribution in [0.2, 0.25) is 0 Å². The number of aromatic nitrogens is 2. The average Bonchev–Trinajstić information content (AvgIpc) is 2.54. The van der Waals surface area contributed by atoms with Gasteiger partial charge in [-0.25, -0.2) is 9.36 Å². The van der Waals surface area contributed by atoms with Crippen molar-refractivity contribution in [2.45, 2.75) is 0 Å². The summed E-state index contributed by atoms with van der Waals surface area (Å²) in [6, 6.07) is 8.69. The quantitative estimate of drug-likeness (QED) is 0.800. The van der Waals surface area contributed by atoms with Crippen LogP contribution in [0.25, 0.3) is 5.69 Å². The van der Waals surface area contributed by atoms with E-state index in [0.29, 0.717) is 37.7 Å². The molecule has 116 valence electrons. The second kappa shape index (κ2) is 6.10. The molecule has 6 nitrogen and oxygen atoms in total. The molecule has 1 aliphatic rings. The number of nitrogens with zero attached hydrogens (tertiary/aromatic N) is 3. The molecule has 22 heavy (non-hydrogen) atoms. The third-order valence-corrected chi connectivity index (χ3v) is 4.24. The first-order chi connectivity index (χ1) is 10.6. The zero-order valence-electron chi connectivity index (χ0n) is 12.2. The fraction of sp³-hybridized carbons (Fsp3) is 0.333. The third kappa shape index (κ3) is 2.74. The molecule has 0 amide bonds. The fourth-order valence-electron chi connectivity index (χ4n) is 2.52. The van der Waals surface area contributed by atoms with Crippen LogP contribution in [0.4, 0.5) is 5.69 Å². The summed E-state index contributed by atoms with van der Waals surface area (Å²) in [6.07, 6.45) is 0. The summed E-state index contributed by atoms with van der Waals surface area (Å²) in [4.78, 5) is 27.0. The highest BCUT2D eigenvalue weighted by Crippen LogP contribution is 2.14. The van der Waals surface area contributed by atoms with Crippen LogP contribution in [0.1, 0.15) is 0 Å². The van der Waals surface area contributed by atoms with Gasteiger partial charge in [0.05, 0.1) is 18.9 Å². The molecule has 0 radical (unpaired) electrons. The summed E-state index contributed by atoms with van der Waals surface area (Å²) in [7, 11) is 1.59. The molecule has 2 heterocycles. The van der Waals surface area contributed by atoms with Crippen LogP contribution < -0.4 is 16.0 Å². The minimum Gasteiger partial charge on any atom is -0.378 e. The Kier molecular flexibility index (Phi) is 4.17. The van der Waals surface area contributed by atoms with E-state index < -0.39 is 0 Å². The van der Waals surface area contributed by atoms with Gasteiger partial charge >= 0.3 is 0 Å². The molecule has 1 fully saturated rings.